The summed E-state index contributed by atoms with van der Waals surface area (Å²) in [6.45, 7) is 2.01. The normalized spacial score (nSPS) is 18.6. The number of carbonyl (C=O) groups is 1. The Morgan fingerprint density at radius 2 is 2.15 bits per heavy atom. The van der Waals surface area contributed by atoms with Crippen LogP contribution in [0.4, 0.5) is 0 Å². The SMILES string of the molecule is Cn1cccc1-c1cc(C(=O)N2CCC3(CC2)OCCc2cn[nH]c23)[nH]n1. The highest BCUT2D eigenvalue weighted by Gasteiger charge is 2.43. The fourth-order valence-corrected chi connectivity index (χ4v) is 4.25. The van der Waals surface area contributed by atoms with Crippen molar-refractivity contribution >= 4 is 5.91 Å². The second kappa shape index (κ2) is 6.09. The Balaban J connectivity index is 1.32. The standard InChI is InChI=1S/C19H22N6O2/c1-24-7-2-3-16(24)14-11-15(22-21-14)18(26)25-8-5-19(6-9-25)17-13(4-10-27-19)12-20-23-17/h2-3,7,11-12H,4-6,8-10H2,1H3,(H,20,23)(H,21,22). The molecule has 8 heteroatoms. The Morgan fingerprint density at radius 1 is 1.30 bits per heavy atom. The largest absolute Gasteiger partial charge is 0.368 e. The van der Waals surface area contributed by atoms with Gasteiger partial charge >= 0.3 is 0 Å². The molecule has 0 atom stereocenters. The highest BCUT2D eigenvalue weighted by atomic mass is 16.5. The van der Waals surface area contributed by atoms with Gasteiger partial charge in [-0.05, 0) is 43.0 Å². The number of likely N-dealkylation sites (tertiary alicyclic amines) is 1. The topological polar surface area (TPSA) is 91.8 Å². The number of ether oxygens (including phenoxy) is 1. The van der Waals surface area contributed by atoms with Crippen LogP contribution in [-0.2, 0) is 23.8 Å². The molecular weight excluding hydrogens is 344 g/mol. The first kappa shape index (κ1) is 16.3. The molecule has 0 saturated carbocycles. The second-order valence-corrected chi connectivity index (χ2v) is 7.33. The van der Waals surface area contributed by atoms with E-state index in [4.69, 9.17) is 4.74 Å². The van der Waals surface area contributed by atoms with Gasteiger partial charge in [0.2, 0.25) is 0 Å². The first-order valence-corrected chi connectivity index (χ1v) is 9.29. The summed E-state index contributed by atoms with van der Waals surface area (Å²) in [7, 11) is 1.96. The quantitative estimate of drug-likeness (QED) is 0.724. The van der Waals surface area contributed by atoms with Crippen molar-refractivity contribution in [2.45, 2.75) is 24.9 Å². The molecule has 1 saturated heterocycles. The van der Waals surface area contributed by atoms with E-state index in [0.29, 0.717) is 25.4 Å². The molecule has 3 aromatic heterocycles. The van der Waals surface area contributed by atoms with Gasteiger partial charge in [-0.3, -0.25) is 15.0 Å². The van der Waals surface area contributed by atoms with Crippen LogP contribution in [0.15, 0.2) is 30.6 Å². The zero-order valence-corrected chi connectivity index (χ0v) is 15.2. The molecule has 8 nitrogen and oxygen atoms in total. The summed E-state index contributed by atoms with van der Waals surface area (Å²) >= 11 is 0. The Morgan fingerprint density at radius 3 is 2.93 bits per heavy atom. The number of H-pyrrole nitrogens is 2. The number of nitrogens with zero attached hydrogens (tertiary/aromatic N) is 4. The maximum absolute atomic E-state index is 12.9. The summed E-state index contributed by atoms with van der Waals surface area (Å²) in [6, 6.07) is 5.77. The number of amides is 1. The van der Waals surface area contributed by atoms with Gasteiger partial charge < -0.3 is 14.2 Å². The van der Waals surface area contributed by atoms with E-state index in [1.54, 1.807) is 0 Å². The number of aryl methyl sites for hydroxylation is 1. The number of nitrogens with one attached hydrogen (secondary N) is 2. The number of piperidine rings is 1. The van der Waals surface area contributed by atoms with Crippen molar-refractivity contribution in [3.63, 3.8) is 0 Å². The summed E-state index contributed by atoms with van der Waals surface area (Å²) in [5.74, 6) is -0.0153. The van der Waals surface area contributed by atoms with E-state index in [1.165, 1.54) is 5.56 Å². The Hall–Kier alpha value is -2.87. The fourth-order valence-electron chi connectivity index (χ4n) is 4.25. The van der Waals surface area contributed by atoms with Gasteiger partial charge in [0.1, 0.15) is 17.0 Å². The predicted molar refractivity (Wildman–Crippen MR) is 98.1 cm³/mol. The third-order valence-corrected chi connectivity index (χ3v) is 5.80. The third-order valence-electron chi connectivity index (χ3n) is 5.80. The molecule has 0 aliphatic carbocycles. The molecule has 0 unspecified atom stereocenters. The molecule has 27 heavy (non-hydrogen) atoms. The van der Waals surface area contributed by atoms with E-state index in [1.807, 2.05) is 47.1 Å². The summed E-state index contributed by atoms with van der Waals surface area (Å²) in [5, 5.41) is 14.5. The summed E-state index contributed by atoms with van der Waals surface area (Å²) in [6.07, 6.45) is 6.29. The van der Waals surface area contributed by atoms with Crippen molar-refractivity contribution in [3.8, 4) is 11.4 Å². The summed E-state index contributed by atoms with van der Waals surface area (Å²) in [5.41, 5.74) is 4.27. The fraction of sp³-hybridized carbons (Fsp3) is 0.421. The van der Waals surface area contributed by atoms with Crippen molar-refractivity contribution in [1.82, 2.24) is 29.9 Å². The lowest BCUT2D eigenvalue weighted by atomic mass is 9.83. The minimum atomic E-state index is -0.330. The lowest BCUT2D eigenvalue weighted by Gasteiger charge is -2.43. The van der Waals surface area contributed by atoms with Crippen molar-refractivity contribution in [1.29, 1.82) is 0 Å². The van der Waals surface area contributed by atoms with Crippen LogP contribution in [0.2, 0.25) is 0 Å². The first-order chi connectivity index (χ1) is 13.2. The number of hydrogen-bond acceptors (Lipinski definition) is 4. The van der Waals surface area contributed by atoms with E-state index < -0.39 is 0 Å². The first-order valence-electron chi connectivity index (χ1n) is 9.29. The molecule has 5 heterocycles. The number of aromatic nitrogens is 5. The van der Waals surface area contributed by atoms with Gasteiger partial charge in [0.15, 0.2) is 0 Å². The van der Waals surface area contributed by atoms with E-state index in [2.05, 4.69) is 20.4 Å². The van der Waals surface area contributed by atoms with Crippen molar-refractivity contribution in [2.75, 3.05) is 19.7 Å². The molecule has 2 aliphatic heterocycles. The highest BCUT2D eigenvalue weighted by molar-refractivity contribution is 5.93. The summed E-state index contributed by atoms with van der Waals surface area (Å²) < 4.78 is 8.14. The third kappa shape index (κ3) is 2.59. The van der Waals surface area contributed by atoms with E-state index >= 15 is 0 Å². The van der Waals surface area contributed by atoms with Crippen LogP contribution in [0.5, 0.6) is 0 Å². The molecule has 2 N–H and O–H groups in total. The number of fused-ring (bicyclic) bond motifs is 2. The van der Waals surface area contributed by atoms with Crippen LogP contribution >= 0.6 is 0 Å². The maximum Gasteiger partial charge on any atom is 0.271 e. The van der Waals surface area contributed by atoms with Gasteiger partial charge in [0.25, 0.3) is 5.91 Å². The van der Waals surface area contributed by atoms with E-state index in [-0.39, 0.29) is 11.5 Å². The van der Waals surface area contributed by atoms with Crippen LogP contribution < -0.4 is 0 Å². The molecule has 1 fully saturated rings. The monoisotopic (exact) mass is 366 g/mol. The van der Waals surface area contributed by atoms with Crippen LogP contribution in [0.3, 0.4) is 0 Å². The number of rotatable bonds is 2. The van der Waals surface area contributed by atoms with Crippen LogP contribution in [0.1, 0.15) is 34.6 Å². The molecule has 0 radical (unpaired) electrons. The average molecular weight is 366 g/mol. The Labute approximate surface area is 156 Å². The number of aromatic amines is 2. The van der Waals surface area contributed by atoms with Gasteiger partial charge in [-0.15, -0.1) is 0 Å². The van der Waals surface area contributed by atoms with Gasteiger partial charge in [0.05, 0.1) is 24.2 Å². The average Bonchev–Trinajstić information content (AvgIpc) is 3.42. The molecular formula is C19H22N6O2. The zero-order valence-electron chi connectivity index (χ0n) is 15.2. The zero-order chi connectivity index (χ0) is 18.4. The lowest BCUT2D eigenvalue weighted by Crippen LogP contribution is -2.48. The maximum atomic E-state index is 12.9. The Kier molecular flexibility index (Phi) is 3.68. The molecule has 1 amide bonds. The summed E-state index contributed by atoms with van der Waals surface area (Å²) in [4.78, 5) is 14.8. The van der Waals surface area contributed by atoms with E-state index in [0.717, 1.165) is 36.3 Å². The molecule has 2 aliphatic rings. The number of carbonyl (C=O) groups excluding carboxylic acids is 1. The van der Waals surface area contributed by atoms with Crippen LogP contribution in [0, 0.1) is 0 Å². The van der Waals surface area contributed by atoms with Gasteiger partial charge in [-0.1, -0.05) is 0 Å². The molecule has 0 aromatic carbocycles. The van der Waals surface area contributed by atoms with Crippen molar-refractivity contribution in [2.24, 2.45) is 7.05 Å². The molecule has 1 spiro atoms. The Bertz CT molecular complexity index is 976. The van der Waals surface area contributed by atoms with Gasteiger partial charge in [0, 0.05) is 26.3 Å². The van der Waals surface area contributed by atoms with Crippen molar-refractivity contribution in [3.05, 3.63) is 47.5 Å². The minimum absolute atomic E-state index is 0.0153. The van der Waals surface area contributed by atoms with Gasteiger partial charge in [-0.2, -0.15) is 10.2 Å². The van der Waals surface area contributed by atoms with E-state index in [9.17, 15) is 4.79 Å². The van der Waals surface area contributed by atoms with Crippen molar-refractivity contribution < 1.29 is 9.53 Å². The molecule has 5 rings (SSSR count). The second-order valence-electron chi connectivity index (χ2n) is 7.33. The molecule has 3 aromatic rings. The molecule has 140 valence electrons. The highest BCUT2D eigenvalue weighted by Crippen LogP contribution is 2.40. The molecule has 0 bridgehead atoms. The smallest absolute Gasteiger partial charge is 0.271 e. The van der Waals surface area contributed by atoms with Gasteiger partial charge in [-0.25, -0.2) is 0 Å². The van der Waals surface area contributed by atoms with Crippen LogP contribution in [0.25, 0.3) is 11.4 Å². The minimum Gasteiger partial charge on any atom is -0.368 e. The van der Waals surface area contributed by atoms with Crippen LogP contribution in [-0.4, -0.2) is 55.5 Å². The predicted octanol–water partition coefficient (Wildman–Crippen LogP) is 1.84. The number of hydrogen-bond donors (Lipinski definition) is 2. The lowest BCUT2D eigenvalue weighted by molar-refractivity contribution is -0.0962.